The number of rotatable bonds is 8. The van der Waals surface area contributed by atoms with Crippen LogP contribution >= 0.6 is 11.8 Å². The number of para-hydroxylation sites is 1. The quantitative estimate of drug-likeness (QED) is 0.575. The largest absolute Gasteiger partial charge is 0.496 e. The highest BCUT2D eigenvalue weighted by Gasteiger charge is 2.42. The fraction of sp³-hybridized carbons (Fsp3) is 0.280. The van der Waals surface area contributed by atoms with Crippen LogP contribution in [0.2, 0.25) is 0 Å². The first-order chi connectivity index (χ1) is 16.5. The van der Waals surface area contributed by atoms with Crippen molar-refractivity contribution >= 4 is 28.8 Å². The number of nitrogens with one attached hydrogen (secondary N) is 1. The highest BCUT2D eigenvalue weighted by atomic mass is 32.2. The zero-order valence-electron chi connectivity index (χ0n) is 19.3. The Balaban J connectivity index is 1.64. The van der Waals surface area contributed by atoms with Crippen molar-refractivity contribution < 1.29 is 19.1 Å². The van der Waals surface area contributed by atoms with Crippen LogP contribution in [0.5, 0.6) is 5.75 Å². The number of methoxy groups -OCH3 is 1. The van der Waals surface area contributed by atoms with Crippen molar-refractivity contribution in [1.82, 2.24) is 15.2 Å². The van der Waals surface area contributed by atoms with Gasteiger partial charge < -0.3 is 19.7 Å². The summed E-state index contributed by atoms with van der Waals surface area (Å²) >= 11 is 1.43. The molecule has 1 aromatic carbocycles. The number of thioether (sulfide) groups is 1. The summed E-state index contributed by atoms with van der Waals surface area (Å²) in [5, 5.41) is 5.52. The number of aliphatic imine (C=N–C) groups is 1. The average Bonchev–Trinajstić information content (AvgIpc) is 3.24. The molecule has 1 amide bonds. The van der Waals surface area contributed by atoms with Gasteiger partial charge in [-0.05, 0) is 37.5 Å². The Bertz CT molecular complexity index is 1180. The SMILES string of the molecule is CCOC(=O)C1=C(C)N=C2SC=C(CC(=O)NCc3ccccn3)N2C1c1ccccc1OC. The van der Waals surface area contributed by atoms with Crippen molar-refractivity contribution in [3.63, 3.8) is 0 Å². The number of benzene rings is 1. The van der Waals surface area contributed by atoms with Crippen molar-refractivity contribution in [3.05, 3.63) is 82.3 Å². The molecule has 0 spiro atoms. The van der Waals surface area contributed by atoms with Crippen LogP contribution in [0.4, 0.5) is 0 Å². The minimum absolute atomic E-state index is 0.125. The molecule has 1 unspecified atom stereocenters. The molecule has 34 heavy (non-hydrogen) atoms. The smallest absolute Gasteiger partial charge is 0.338 e. The molecule has 4 rings (SSSR count). The second kappa shape index (κ2) is 10.6. The molecule has 8 nitrogen and oxygen atoms in total. The number of amides is 1. The second-order valence-corrected chi connectivity index (χ2v) is 8.47. The summed E-state index contributed by atoms with van der Waals surface area (Å²) in [6.07, 6.45) is 1.82. The molecule has 0 bridgehead atoms. The van der Waals surface area contributed by atoms with E-state index in [9.17, 15) is 9.59 Å². The Hall–Kier alpha value is -3.59. The first kappa shape index (κ1) is 23.6. The van der Waals surface area contributed by atoms with E-state index in [4.69, 9.17) is 9.47 Å². The third kappa shape index (κ3) is 4.84. The van der Waals surface area contributed by atoms with E-state index in [0.717, 1.165) is 17.0 Å². The summed E-state index contributed by atoms with van der Waals surface area (Å²) in [5.41, 5.74) is 3.33. The summed E-state index contributed by atoms with van der Waals surface area (Å²) in [7, 11) is 1.60. The molecule has 0 saturated heterocycles. The van der Waals surface area contributed by atoms with Crippen molar-refractivity contribution in [2.75, 3.05) is 13.7 Å². The molecule has 1 aromatic heterocycles. The molecule has 2 aromatic rings. The minimum atomic E-state index is -0.535. The number of allylic oxidation sites excluding steroid dienone is 1. The molecule has 9 heteroatoms. The van der Waals surface area contributed by atoms with Crippen LogP contribution < -0.4 is 10.1 Å². The van der Waals surface area contributed by atoms with Gasteiger partial charge in [-0.15, -0.1) is 0 Å². The van der Waals surface area contributed by atoms with Crippen molar-refractivity contribution in [2.24, 2.45) is 4.99 Å². The van der Waals surface area contributed by atoms with Crippen molar-refractivity contribution in [3.8, 4) is 5.75 Å². The number of nitrogens with zero attached hydrogens (tertiary/aromatic N) is 3. The van der Waals surface area contributed by atoms with Crippen LogP contribution in [-0.4, -0.2) is 40.6 Å². The predicted molar refractivity (Wildman–Crippen MR) is 131 cm³/mol. The van der Waals surface area contributed by atoms with Gasteiger partial charge in [-0.1, -0.05) is 36.0 Å². The third-order valence-electron chi connectivity index (χ3n) is 5.46. The lowest BCUT2D eigenvalue weighted by molar-refractivity contribution is -0.139. The fourth-order valence-corrected chi connectivity index (χ4v) is 4.91. The number of pyridine rings is 1. The van der Waals surface area contributed by atoms with Crippen LogP contribution in [0.1, 0.15) is 37.6 Å². The molecule has 0 fully saturated rings. The van der Waals surface area contributed by atoms with E-state index in [2.05, 4.69) is 15.3 Å². The zero-order valence-corrected chi connectivity index (χ0v) is 20.1. The Kier molecular flexibility index (Phi) is 7.32. The molecular weight excluding hydrogens is 452 g/mol. The molecule has 2 aliphatic heterocycles. The van der Waals surface area contributed by atoms with Gasteiger partial charge in [0.15, 0.2) is 5.17 Å². The van der Waals surface area contributed by atoms with Gasteiger partial charge in [0.1, 0.15) is 5.75 Å². The van der Waals surface area contributed by atoms with Crippen LogP contribution in [-0.2, 0) is 20.9 Å². The molecule has 1 N–H and O–H groups in total. The number of carbonyl (C=O) groups is 2. The minimum Gasteiger partial charge on any atom is -0.496 e. The lowest BCUT2D eigenvalue weighted by atomic mass is 9.93. The number of carbonyl (C=O) groups excluding carboxylic acids is 2. The van der Waals surface area contributed by atoms with E-state index in [-0.39, 0.29) is 18.9 Å². The Morgan fingerprint density at radius 3 is 2.71 bits per heavy atom. The highest BCUT2D eigenvalue weighted by Crippen LogP contribution is 2.46. The van der Waals surface area contributed by atoms with Crippen molar-refractivity contribution in [2.45, 2.75) is 32.9 Å². The Morgan fingerprint density at radius 2 is 1.97 bits per heavy atom. The van der Waals surface area contributed by atoms with E-state index >= 15 is 0 Å². The summed E-state index contributed by atoms with van der Waals surface area (Å²) in [6.45, 7) is 4.16. The lowest BCUT2D eigenvalue weighted by Crippen LogP contribution is -2.38. The maximum absolute atomic E-state index is 13.0. The van der Waals surface area contributed by atoms with Crippen LogP contribution in [0.3, 0.4) is 0 Å². The van der Waals surface area contributed by atoms with E-state index in [1.807, 2.05) is 52.8 Å². The van der Waals surface area contributed by atoms with E-state index < -0.39 is 12.0 Å². The average molecular weight is 479 g/mol. The third-order valence-corrected chi connectivity index (χ3v) is 6.35. The van der Waals surface area contributed by atoms with Gasteiger partial charge in [-0.3, -0.25) is 9.78 Å². The number of ether oxygens (including phenoxy) is 2. The van der Waals surface area contributed by atoms with Gasteiger partial charge in [0.2, 0.25) is 5.91 Å². The Morgan fingerprint density at radius 1 is 1.18 bits per heavy atom. The van der Waals surface area contributed by atoms with E-state index in [0.29, 0.717) is 28.7 Å². The number of fused-ring (bicyclic) bond motifs is 1. The van der Waals surface area contributed by atoms with Gasteiger partial charge in [0.25, 0.3) is 0 Å². The van der Waals surface area contributed by atoms with Crippen LogP contribution in [0.15, 0.2) is 76.0 Å². The zero-order chi connectivity index (χ0) is 24.1. The number of amidine groups is 1. The molecule has 0 saturated carbocycles. The number of hydrogen-bond donors (Lipinski definition) is 1. The number of esters is 1. The second-order valence-electron chi connectivity index (χ2n) is 7.63. The van der Waals surface area contributed by atoms with Gasteiger partial charge in [0.05, 0.1) is 49.7 Å². The van der Waals surface area contributed by atoms with Gasteiger partial charge >= 0.3 is 5.97 Å². The van der Waals surface area contributed by atoms with E-state index in [1.165, 1.54) is 11.8 Å². The lowest BCUT2D eigenvalue weighted by Gasteiger charge is -2.36. The number of aromatic nitrogens is 1. The molecule has 2 aliphatic rings. The van der Waals surface area contributed by atoms with Gasteiger partial charge in [0, 0.05) is 17.5 Å². The molecule has 0 radical (unpaired) electrons. The Labute approximate surface area is 202 Å². The normalized spacial score (nSPS) is 17.0. The van der Waals surface area contributed by atoms with Crippen LogP contribution in [0.25, 0.3) is 0 Å². The first-order valence-corrected chi connectivity index (χ1v) is 11.8. The monoisotopic (exact) mass is 478 g/mol. The molecule has 0 aliphatic carbocycles. The summed E-state index contributed by atoms with van der Waals surface area (Å²) in [5.74, 6) is 0.0512. The maximum Gasteiger partial charge on any atom is 0.338 e. The standard InChI is InChI=1S/C25H26N4O4S/c1-4-33-24(31)22-16(2)28-25-29(23(22)19-10-5-6-11-20(19)32-3)18(15-34-25)13-21(30)27-14-17-9-7-8-12-26-17/h5-12,15,23H,4,13-14H2,1-3H3,(H,27,30). The van der Waals surface area contributed by atoms with Gasteiger partial charge in [-0.25, -0.2) is 9.79 Å². The molecular formula is C25H26N4O4S. The molecule has 3 heterocycles. The maximum atomic E-state index is 13.0. The molecule has 1 atom stereocenters. The predicted octanol–water partition coefficient (Wildman–Crippen LogP) is 3.93. The van der Waals surface area contributed by atoms with E-state index in [1.54, 1.807) is 27.2 Å². The summed E-state index contributed by atoms with van der Waals surface area (Å²) in [4.78, 5) is 36.7. The summed E-state index contributed by atoms with van der Waals surface area (Å²) < 4.78 is 11.0. The van der Waals surface area contributed by atoms with Gasteiger partial charge in [-0.2, -0.15) is 0 Å². The van der Waals surface area contributed by atoms with Crippen LogP contribution in [0, 0.1) is 0 Å². The molecule has 176 valence electrons. The fourth-order valence-electron chi connectivity index (χ4n) is 3.95. The van der Waals surface area contributed by atoms with Crippen molar-refractivity contribution in [1.29, 1.82) is 0 Å². The highest BCUT2D eigenvalue weighted by molar-refractivity contribution is 8.16. The summed E-state index contributed by atoms with van der Waals surface area (Å²) in [6, 6.07) is 12.6. The first-order valence-electron chi connectivity index (χ1n) is 10.9. The topological polar surface area (TPSA) is 93.1 Å². The number of hydrogen-bond acceptors (Lipinski definition) is 8.